The van der Waals surface area contributed by atoms with Crippen LogP contribution >= 0.6 is 0 Å². The molecule has 0 bridgehead atoms. The van der Waals surface area contributed by atoms with Crippen molar-refractivity contribution in [2.24, 2.45) is 5.73 Å². The molecule has 0 spiro atoms. The fraction of sp³-hybridized carbons (Fsp3) is 0.562. The molecule has 110 valence electrons. The van der Waals surface area contributed by atoms with Crippen LogP contribution in [0.4, 0.5) is 5.69 Å². The largest absolute Gasteiger partial charge is 0.492 e. The summed E-state index contributed by atoms with van der Waals surface area (Å²) in [6.07, 6.45) is 5.74. The quantitative estimate of drug-likeness (QED) is 0.868. The second kappa shape index (κ2) is 6.75. The Morgan fingerprint density at radius 3 is 2.70 bits per heavy atom. The summed E-state index contributed by atoms with van der Waals surface area (Å²) in [4.78, 5) is 12.2. The highest BCUT2D eigenvalue weighted by Gasteiger charge is 2.30. The van der Waals surface area contributed by atoms with E-state index in [1.807, 2.05) is 31.2 Å². The number of benzene rings is 1. The lowest BCUT2D eigenvalue weighted by Gasteiger charge is -2.32. The highest BCUT2D eigenvalue weighted by molar-refractivity contribution is 5.93. The Morgan fingerprint density at radius 2 is 2.00 bits per heavy atom. The minimum atomic E-state index is -0.330. The van der Waals surface area contributed by atoms with E-state index in [0.717, 1.165) is 31.4 Å². The van der Waals surface area contributed by atoms with Crippen LogP contribution in [0.25, 0.3) is 0 Å². The summed E-state index contributed by atoms with van der Waals surface area (Å²) in [6, 6.07) is 7.49. The first-order valence-electron chi connectivity index (χ1n) is 7.43. The Bertz CT molecular complexity index is 454. The van der Waals surface area contributed by atoms with Gasteiger partial charge in [0.2, 0.25) is 5.91 Å². The van der Waals surface area contributed by atoms with Gasteiger partial charge in [0.25, 0.3) is 0 Å². The molecule has 1 aliphatic rings. The molecule has 0 radical (unpaired) electrons. The summed E-state index contributed by atoms with van der Waals surface area (Å²) in [5, 5.41) is 2.92. The van der Waals surface area contributed by atoms with Crippen molar-refractivity contribution in [3.8, 4) is 5.75 Å². The lowest BCUT2D eigenvalue weighted by atomic mass is 9.80. The Kier molecular flexibility index (Phi) is 5.01. The van der Waals surface area contributed by atoms with Crippen molar-refractivity contribution in [1.29, 1.82) is 0 Å². The summed E-state index contributed by atoms with van der Waals surface area (Å²) >= 11 is 0. The summed E-state index contributed by atoms with van der Waals surface area (Å²) in [5.41, 5.74) is 6.71. The van der Waals surface area contributed by atoms with Gasteiger partial charge in [-0.2, -0.15) is 0 Å². The van der Waals surface area contributed by atoms with Gasteiger partial charge in [0.05, 0.1) is 12.3 Å². The van der Waals surface area contributed by atoms with Gasteiger partial charge in [-0.3, -0.25) is 4.79 Å². The SMILES string of the molecule is CCOc1ccccc1NC(=O)CC1(N)CCCCC1. The van der Waals surface area contributed by atoms with Crippen LogP contribution in [-0.2, 0) is 4.79 Å². The van der Waals surface area contributed by atoms with E-state index in [4.69, 9.17) is 10.5 Å². The number of nitrogens with two attached hydrogens (primary N) is 1. The number of carbonyl (C=O) groups excluding carboxylic acids is 1. The Morgan fingerprint density at radius 1 is 1.30 bits per heavy atom. The molecule has 0 saturated heterocycles. The van der Waals surface area contributed by atoms with E-state index in [0.29, 0.717) is 18.8 Å². The monoisotopic (exact) mass is 276 g/mol. The third-order valence-corrected chi connectivity index (χ3v) is 3.82. The minimum Gasteiger partial charge on any atom is -0.492 e. The van der Waals surface area contributed by atoms with Crippen LogP contribution in [0.5, 0.6) is 5.75 Å². The number of hydrogen-bond acceptors (Lipinski definition) is 3. The molecule has 20 heavy (non-hydrogen) atoms. The highest BCUT2D eigenvalue weighted by Crippen LogP contribution is 2.30. The normalized spacial score (nSPS) is 17.5. The maximum Gasteiger partial charge on any atom is 0.226 e. The number of nitrogens with one attached hydrogen (secondary N) is 1. The average Bonchev–Trinajstić information content (AvgIpc) is 2.41. The zero-order valence-electron chi connectivity index (χ0n) is 12.2. The first kappa shape index (κ1) is 14.9. The molecule has 4 nitrogen and oxygen atoms in total. The molecule has 1 aromatic carbocycles. The third-order valence-electron chi connectivity index (χ3n) is 3.82. The van der Waals surface area contributed by atoms with Crippen molar-refractivity contribution in [1.82, 2.24) is 0 Å². The van der Waals surface area contributed by atoms with Gasteiger partial charge in [0.1, 0.15) is 5.75 Å². The van der Waals surface area contributed by atoms with Gasteiger partial charge in [0.15, 0.2) is 0 Å². The van der Waals surface area contributed by atoms with Gasteiger partial charge >= 0.3 is 0 Å². The smallest absolute Gasteiger partial charge is 0.226 e. The number of ether oxygens (including phenoxy) is 1. The fourth-order valence-corrected chi connectivity index (χ4v) is 2.80. The minimum absolute atomic E-state index is 0.0263. The van der Waals surface area contributed by atoms with Crippen molar-refractivity contribution in [3.63, 3.8) is 0 Å². The lowest BCUT2D eigenvalue weighted by Crippen LogP contribution is -2.44. The van der Waals surface area contributed by atoms with Gasteiger partial charge in [-0.25, -0.2) is 0 Å². The number of carbonyl (C=O) groups is 1. The molecule has 1 fully saturated rings. The van der Waals surface area contributed by atoms with E-state index in [2.05, 4.69) is 5.32 Å². The van der Waals surface area contributed by atoms with Crippen LogP contribution in [0.1, 0.15) is 45.4 Å². The van der Waals surface area contributed by atoms with Crippen LogP contribution in [0.2, 0.25) is 0 Å². The van der Waals surface area contributed by atoms with Crippen LogP contribution < -0.4 is 15.8 Å². The molecular formula is C16H24N2O2. The van der Waals surface area contributed by atoms with E-state index in [1.165, 1.54) is 6.42 Å². The van der Waals surface area contributed by atoms with Gasteiger partial charge in [-0.05, 0) is 31.9 Å². The van der Waals surface area contributed by atoms with Crippen LogP contribution in [0.3, 0.4) is 0 Å². The molecule has 1 saturated carbocycles. The number of hydrogen-bond donors (Lipinski definition) is 2. The Labute approximate surface area is 120 Å². The van der Waals surface area contributed by atoms with Gasteiger partial charge in [0, 0.05) is 12.0 Å². The van der Waals surface area contributed by atoms with Crippen molar-refractivity contribution >= 4 is 11.6 Å². The first-order chi connectivity index (χ1) is 9.63. The second-order valence-corrected chi connectivity index (χ2v) is 5.58. The van der Waals surface area contributed by atoms with Crippen molar-refractivity contribution < 1.29 is 9.53 Å². The predicted molar refractivity (Wildman–Crippen MR) is 80.9 cm³/mol. The molecule has 0 aliphatic heterocycles. The van der Waals surface area contributed by atoms with Crippen LogP contribution in [0.15, 0.2) is 24.3 Å². The molecule has 1 aromatic rings. The first-order valence-corrected chi connectivity index (χ1v) is 7.43. The molecule has 1 amide bonds. The molecule has 4 heteroatoms. The Balaban J connectivity index is 1.97. The summed E-state index contributed by atoms with van der Waals surface area (Å²) in [7, 11) is 0. The molecule has 2 rings (SSSR count). The number of rotatable bonds is 5. The highest BCUT2D eigenvalue weighted by atomic mass is 16.5. The standard InChI is InChI=1S/C16H24N2O2/c1-2-20-14-9-5-4-8-13(14)18-15(19)12-16(17)10-6-3-7-11-16/h4-5,8-9H,2-3,6-7,10-12,17H2,1H3,(H,18,19). The second-order valence-electron chi connectivity index (χ2n) is 5.58. The van der Waals surface area contributed by atoms with Gasteiger partial charge < -0.3 is 15.8 Å². The molecule has 0 aromatic heterocycles. The maximum atomic E-state index is 12.2. The number of anilines is 1. The molecular weight excluding hydrogens is 252 g/mol. The third kappa shape index (κ3) is 3.97. The van der Waals surface area contributed by atoms with E-state index >= 15 is 0 Å². The van der Waals surface area contributed by atoms with E-state index < -0.39 is 0 Å². The van der Waals surface area contributed by atoms with Gasteiger partial charge in [-0.15, -0.1) is 0 Å². The van der Waals surface area contributed by atoms with Crippen molar-refractivity contribution in [2.75, 3.05) is 11.9 Å². The fourth-order valence-electron chi connectivity index (χ4n) is 2.80. The molecule has 1 aliphatic carbocycles. The average molecular weight is 276 g/mol. The van der Waals surface area contributed by atoms with E-state index in [9.17, 15) is 4.79 Å². The maximum absolute atomic E-state index is 12.2. The summed E-state index contributed by atoms with van der Waals surface area (Å²) in [6.45, 7) is 2.50. The zero-order chi connectivity index (χ0) is 14.4. The lowest BCUT2D eigenvalue weighted by molar-refractivity contribution is -0.117. The van der Waals surface area contributed by atoms with Gasteiger partial charge in [-0.1, -0.05) is 31.4 Å². The molecule has 3 N–H and O–H groups in total. The summed E-state index contributed by atoms with van der Waals surface area (Å²) < 4.78 is 5.51. The molecule has 0 unspecified atom stereocenters. The predicted octanol–water partition coefficient (Wildman–Crippen LogP) is 3.08. The van der Waals surface area contributed by atoms with Crippen LogP contribution in [0, 0.1) is 0 Å². The molecule has 0 heterocycles. The molecule has 0 atom stereocenters. The van der Waals surface area contributed by atoms with E-state index in [1.54, 1.807) is 0 Å². The van der Waals surface area contributed by atoms with E-state index in [-0.39, 0.29) is 11.4 Å². The number of para-hydroxylation sites is 2. The summed E-state index contributed by atoms with van der Waals surface area (Å²) in [5.74, 6) is 0.680. The zero-order valence-corrected chi connectivity index (χ0v) is 12.2. The topological polar surface area (TPSA) is 64.3 Å². The Hall–Kier alpha value is -1.55. The van der Waals surface area contributed by atoms with Crippen molar-refractivity contribution in [3.05, 3.63) is 24.3 Å². The van der Waals surface area contributed by atoms with Crippen molar-refractivity contribution in [2.45, 2.75) is 51.0 Å². The van der Waals surface area contributed by atoms with Crippen LogP contribution in [-0.4, -0.2) is 18.1 Å². The number of amides is 1.